The summed E-state index contributed by atoms with van der Waals surface area (Å²) in [6, 6.07) is 2.98. The maximum atomic E-state index is 10.7. The van der Waals surface area contributed by atoms with E-state index in [2.05, 4.69) is 0 Å². The molecule has 0 aliphatic heterocycles. The molecule has 1 rings (SSSR count). The average molecular weight is 254 g/mol. The van der Waals surface area contributed by atoms with Crippen molar-refractivity contribution in [2.24, 2.45) is 0 Å². The predicted molar refractivity (Wildman–Crippen MR) is 62.7 cm³/mol. The molecule has 0 bridgehead atoms. The van der Waals surface area contributed by atoms with Crippen molar-refractivity contribution in [2.45, 2.75) is 6.42 Å². The van der Waals surface area contributed by atoms with Crippen molar-refractivity contribution in [3.8, 4) is 17.2 Å². The molecule has 0 atom stereocenters. The maximum absolute atomic E-state index is 10.7. The topological polar surface area (TPSA) is 82.1 Å². The molecular formula is C12H14O6. The van der Waals surface area contributed by atoms with Gasteiger partial charge in [-0.25, -0.2) is 0 Å². The van der Waals surface area contributed by atoms with Gasteiger partial charge < -0.3 is 19.3 Å². The van der Waals surface area contributed by atoms with Crippen LogP contribution in [0.1, 0.15) is 16.8 Å². The summed E-state index contributed by atoms with van der Waals surface area (Å²) in [6.45, 7) is -0.0114. The highest BCUT2D eigenvalue weighted by molar-refractivity contribution is 5.78. The van der Waals surface area contributed by atoms with Gasteiger partial charge in [0.25, 0.3) is 0 Å². The second kappa shape index (κ2) is 6.48. The van der Waals surface area contributed by atoms with Gasteiger partial charge in [0.15, 0.2) is 11.5 Å². The molecule has 1 aromatic carbocycles. The molecule has 18 heavy (non-hydrogen) atoms. The summed E-state index contributed by atoms with van der Waals surface area (Å²) in [5.74, 6) is -0.0343. The van der Waals surface area contributed by atoms with Crippen LogP contribution in [0.2, 0.25) is 0 Å². The first kappa shape index (κ1) is 13.8. The summed E-state index contributed by atoms with van der Waals surface area (Å²) >= 11 is 0. The normalized spacial score (nSPS) is 9.67. The zero-order chi connectivity index (χ0) is 13.5. The Morgan fingerprint density at radius 2 is 1.83 bits per heavy atom. The van der Waals surface area contributed by atoms with Gasteiger partial charge >= 0.3 is 5.97 Å². The van der Waals surface area contributed by atoms with Crippen molar-refractivity contribution in [2.75, 3.05) is 20.8 Å². The molecular weight excluding hydrogens is 240 g/mol. The predicted octanol–water partition coefficient (Wildman–Crippen LogP) is 1.37. The molecule has 0 aliphatic carbocycles. The van der Waals surface area contributed by atoms with Crippen LogP contribution in [-0.4, -0.2) is 38.2 Å². The smallest absolute Gasteiger partial charge is 0.306 e. The van der Waals surface area contributed by atoms with E-state index in [0.717, 1.165) is 0 Å². The summed E-state index contributed by atoms with van der Waals surface area (Å²) in [6.07, 6.45) is 0.522. The summed E-state index contributed by atoms with van der Waals surface area (Å²) < 4.78 is 15.5. The monoisotopic (exact) mass is 254 g/mol. The van der Waals surface area contributed by atoms with E-state index in [0.29, 0.717) is 23.3 Å². The Hall–Kier alpha value is -2.24. The standard InChI is InChI=1S/C12H14O6/c1-16-9-5-8(7-13)6-10(17-2)12(9)18-4-3-11(14)15/h5-7H,3-4H2,1-2H3,(H,14,15). The van der Waals surface area contributed by atoms with Gasteiger partial charge in [-0.2, -0.15) is 0 Å². The van der Waals surface area contributed by atoms with E-state index in [9.17, 15) is 9.59 Å². The molecule has 6 heteroatoms. The second-order valence-electron chi connectivity index (χ2n) is 3.36. The van der Waals surface area contributed by atoms with E-state index in [-0.39, 0.29) is 18.8 Å². The maximum Gasteiger partial charge on any atom is 0.306 e. The molecule has 6 nitrogen and oxygen atoms in total. The molecule has 0 unspecified atom stereocenters. The molecule has 0 aromatic heterocycles. The first-order chi connectivity index (χ1) is 8.62. The number of benzene rings is 1. The van der Waals surface area contributed by atoms with Gasteiger partial charge in [0.1, 0.15) is 6.29 Å². The summed E-state index contributed by atoms with van der Waals surface area (Å²) in [4.78, 5) is 21.1. The molecule has 1 N–H and O–H groups in total. The van der Waals surface area contributed by atoms with Crippen LogP contribution >= 0.6 is 0 Å². The van der Waals surface area contributed by atoms with Gasteiger partial charge in [0.2, 0.25) is 5.75 Å². The van der Waals surface area contributed by atoms with Crippen molar-refractivity contribution in [1.29, 1.82) is 0 Å². The number of carboxylic acids is 1. The number of carbonyl (C=O) groups is 2. The number of methoxy groups -OCH3 is 2. The van der Waals surface area contributed by atoms with Gasteiger partial charge in [-0.15, -0.1) is 0 Å². The van der Waals surface area contributed by atoms with Gasteiger partial charge in [0.05, 0.1) is 27.2 Å². The Kier molecular flexibility index (Phi) is 4.98. The van der Waals surface area contributed by atoms with E-state index in [1.54, 1.807) is 0 Å². The summed E-state index contributed by atoms with van der Waals surface area (Å²) in [5, 5.41) is 8.54. The lowest BCUT2D eigenvalue weighted by Gasteiger charge is -2.14. The number of hydrogen-bond donors (Lipinski definition) is 1. The van der Waals surface area contributed by atoms with Gasteiger partial charge in [0, 0.05) is 5.56 Å². The fourth-order valence-corrected chi connectivity index (χ4v) is 1.35. The van der Waals surface area contributed by atoms with Gasteiger partial charge in [-0.3, -0.25) is 9.59 Å². The molecule has 0 aliphatic rings. The van der Waals surface area contributed by atoms with Crippen LogP contribution in [0.4, 0.5) is 0 Å². The molecule has 0 saturated carbocycles. The highest BCUT2D eigenvalue weighted by Gasteiger charge is 2.14. The second-order valence-corrected chi connectivity index (χ2v) is 3.36. The number of aliphatic carboxylic acids is 1. The average Bonchev–Trinajstić information content (AvgIpc) is 2.37. The minimum atomic E-state index is -0.961. The van der Waals surface area contributed by atoms with Gasteiger partial charge in [-0.05, 0) is 12.1 Å². The highest BCUT2D eigenvalue weighted by Crippen LogP contribution is 2.38. The fraction of sp³-hybridized carbons (Fsp3) is 0.333. The molecule has 0 radical (unpaired) electrons. The number of carboxylic acid groups (broad SMARTS) is 1. The first-order valence-corrected chi connectivity index (χ1v) is 5.18. The third-order valence-corrected chi connectivity index (χ3v) is 2.18. The summed E-state index contributed by atoms with van der Waals surface area (Å²) in [5.41, 5.74) is 0.384. The van der Waals surface area contributed by atoms with Crippen molar-refractivity contribution in [3.05, 3.63) is 17.7 Å². The van der Waals surface area contributed by atoms with Crippen LogP contribution in [0.5, 0.6) is 17.2 Å². The zero-order valence-corrected chi connectivity index (χ0v) is 10.1. The third-order valence-electron chi connectivity index (χ3n) is 2.18. The number of hydrogen-bond acceptors (Lipinski definition) is 5. The van der Waals surface area contributed by atoms with Crippen molar-refractivity contribution >= 4 is 12.3 Å². The van der Waals surface area contributed by atoms with Crippen LogP contribution in [0.25, 0.3) is 0 Å². The van der Waals surface area contributed by atoms with Crippen LogP contribution in [0, 0.1) is 0 Å². The van der Waals surface area contributed by atoms with Crippen molar-refractivity contribution < 1.29 is 28.9 Å². The van der Waals surface area contributed by atoms with E-state index in [1.807, 2.05) is 0 Å². The van der Waals surface area contributed by atoms with Crippen LogP contribution < -0.4 is 14.2 Å². The number of carbonyl (C=O) groups excluding carboxylic acids is 1. The van der Waals surface area contributed by atoms with E-state index < -0.39 is 5.97 Å². The van der Waals surface area contributed by atoms with Gasteiger partial charge in [-0.1, -0.05) is 0 Å². The molecule has 1 aromatic rings. The Morgan fingerprint density at radius 3 is 2.22 bits per heavy atom. The fourth-order valence-electron chi connectivity index (χ4n) is 1.35. The Bertz CT molecular complexity index is 415. The Labute approximate surface area is 104 Å². The molecule has 0 fully saturated rings. The number of rotatable bonds is 7. The van der Waals surface area contributed by atoms with Crippen LogP contribution in [0.15, 0.2) is 12.1 Å². The Balaban J connectivity index is 2.99. The van der Waals surface area contributed by atoms with E-state index >= 15 is 0 Å². The lowest BCUT2D eigenvalue weighted by atomic mass is 10.2. The van der Waals surface area contributed by atoms with E-state index in [1.165, 1.54) is 26.4 Å². The molecule has 0 heterocycles. The highest BCUT2D eigenvalue weighted by atomic mass is 16.5. The van der Waals surface area contributed by atoms with Crippen LogP contribution in [-0.2, 0) is 4.79 Å². The van der Waals surface area contributed by atoms with E-state index in [4.69, 9.17) is 19.3 Å². The minimum absolute atomic E-state index is 0.0114. The van der Waals surface area contributed by atoms with Crippen molar-refractivity contribution in [3.63, 3.8) is 0 Å². The lowest BCUT2D eigenvalue weighted by Crippen LogP contribution is -2.07. The number of aldehydes is 1. The third kappa shape index (κ3) is 3.38. The minimum Gasteiger partial charge on any atom is -0.493 e. The SMILES string of the molecule is COc1cc(C=O)cc(OC)c1OCCC(=O)O. The number of ether oxygens (including phenoxy) is 3. The molecule has 0 amide bonds. The quantitative estimate of drug-likeness (QED) is 0.740. The lowest BCUT2D eigenvalue weighted by molar-refractivity contribution is -0.137. The molecule has 0 spiro atoms. The first-order valence-electron chi connectivity index (χ1n) is 5.18. The molecule has 0 saturated heterocycles. The largest absolute Gasteiger partial charge is 0.493 e. The zero-order valence-electron chi connectivity index (χ0n) is 10.1. The van der Waals surface area contributed by atoms with Crippen molar-refractivity contribution in [1.82, 2.24) is 0 Å². The van der Waals surface area contributed by atoms with Crippen LogP contribution in [0.3, 0.4) is 0 Å². The Morgan fingerprint density at radius 1 is 1.28 bits per heavy atom. The summed E-state index contributed by atoms with van der Waals surface area (Å²) in [7, 11) is 2.85. The molecule has 98 valence electrons.